The number of alkyl halides is 11. The van der Waals surface area contributed by atoms with Crippen LogP contribution in [0.4, 0.5) is 48.3 Å². The van der Waals surface area contributed by atoms with Crippen LogP contribution in [0, 0.1) is 0 Å². The van der Waals surface area contributed by atoms with Gasteiger partial charge in [0, 0.05) is 6.42 Å². The average molecular weight is 342 g/mol. The van der Waals surface area contributed by atoms with Crippen LogP contribution < -0.4 is 0 Å². The highest BCUT2D eigenvalue weighted by atomic mass is 19.4. The molecule has 2 nitrogen and oxygen atoms in total. The standard InChI is InChI=1S/C8H5F11O2/c9-4(6(12,13)14,1-3-2-20-3)21-8(18,19)5(10,11)7(15,16)17/h3H,1-2H2/t3-,4+/m0/s1. The number of ether oxygens (including phenoxy) is 2. The molecule has 0 saturated carbocycles. The molecule has 0 amide bonds. The van der Waals surface area contributed by atoms with Crippen LogP contribution in [-0.2, 0) is 9.47 Å². The summed E-state index contributed by atoms with van der Waals surface area (Å²) in [4.78, 5) is 0. The van der Waals surface area contributed by atoms with Gasteiger partial charge >= 0.3 is 30.2 Å². The first-order valence-corrected chi connectivity index (χ1v) is 4.93. The van der Waals surface area contributed by atoms with E-state index in [1.54, 1.807) is 0 Å². The Hall–Kier alpha value is -0.850. The van der Waals surface area contributed by atoms with Crippen molar-refractivity contribution in [3.8, 4) is 0 Å². The summed E-state index contributed by atoms with van der Waals surface area (Å²) in [7, 11) is 0. The fourth-order valence-corrected chi connectivity index (χ4v) is 1.13. The molecule has 1 saturated heterocycles. The monoisotopic (exact) mass is 342 g/mol. The maximum Gasteiger partial charge on any atom is 0.462 e. The lowest BCUT2D eigenvalue weighted by atomic mass is 10.1. The Kier molecular flexibility index (Phi) is 4.18. The van der Waals surface area contributed by atoms with Gasteiger partial charge in [0.05, 0.1) is 12.7 Å². The number of rotatable bonds is 5. The van der Waals surface area contributed by atoms with Gasteiger partial charge < -0.3 is 4.74 Å². The van der Waals surface area contributed by atoms with Crippen molar-refractivity contribution in [1.29, 1.82) is 0 Å². The second kappa shape index (κ2) is 4.83. The molecule has 0 N–H and O–H groups in total. The molecule has 2 atom stereocenters. The summed E-state index contributed by atoms with van der Waals surface area (Å²) < 4.78 is 142. The minimum absolute atomic E-state index is 0.508. The average Bonchev–Trinajstić information content (AvgIpc) is 2.96. The molecule has 0 aromatic carbocycles. The number of epoxide rings is 1. The van der Waals surface area contributed by atoms with E-state index in [1.165, 1.54) is 0 Å². The third kappa shape index (κ3) is 3.49. The highest BCUT2D eigenvalue weighted by Crippen LogP contribution is 2.52. The zero-order valence-corrected chi connectivity index (χ0v) is 9.47. The summed E-state index contributed by atoms with van der Waals surface area (Å²) in [5, 5.41) is 0. The largest absolute Gasteiger partial charge is 0.462 e. The number of hydrogen-bond acceptors (Lipinski definition) is 2. The van der Waals surface area contributed by atoms with Gasteiger partial charge in [0.1, 0.15) is 0 Å². The first-order chi connectivity index (χ1) is 9.04. The molecule has 0 aromatic heterocycles. The highest BCUT2D eigenvalue weighted by Gasteiger charge is 2.78. The summed E-state index contributed by atoms with van der Waals surface area (Å²) >= 11 is 0. The molecule has 126 valence electrons. The maximum absolute atomic E-state index is 13.4. The molecule has 0 aliphatic carbocycles. The predicted octanol–water partition coefficient (Wildman–Crippen LogP) is 3.81. The lowest BCUT2D eigenvalue weighted by Gasteiger charge is -2.34. The van der Waals surface area contributed by atoms with Crippen molar-refractivity contribution in [2.45, 2.75) is 42.8 Å². The van der Waals surface area contributed by atoms with E-state index in [0.29, 0.717) is 0 Å². The van der Waals surface area contributed by atoms with Crippen LogP contribution in [0.3, 0.4) is 0 Å². The van der Waals surface area contributed by atoms with Gasteiger partial charge in [-0.25, -0.2) is 4.39 Å². The van der Waals surface area contributed by atoms with Crippen molar-refractivity contribution in [1.82, 2.24) is 0 Å². The predicted molar refractivity (Wildman–Crippen MR) is 41.3 cm³/mol. The normalized spacial score (nSPS) is 23.9. The molecule has 1 fully saturated rings. The van der Waals surface area contributed by atoms with Gasteiger partial charge in [-0.05, 0) is 0 Å². The summed E-state index contributed by atoms with van der Waals surface area (Å²) in [5.41, 5.74) is 0. The van der Waals surface area contributed by atoms with Crippen LogP contribution in [0.15, 0.2) is 0 Å². The second-order valence-electron chi connectivity index (χ2n) is 4.08. The quantitative estimate of drug-likeness (QED) is 0.560. The topological polar surface area (TPSA) is 21.8 Å². The summed E-state index contributed by atoms with van der Waals surface area (Å²) in [6.07, 6.45) is -23.6. The number of hydrogen-bond donors (Lipinski definition) is 0. The molecule has 1 aliphatic rings. The molecule has 0 spiro atoms. The van der Waals surface area contributed by atoms with Gasteiger partial charge in [0.2, 0.25) is 0 Å². The zero-order chi connectivity index (χ0) is 16.9. The minimum Gasteiger partial charge on any atom is -0.373 e. The first-order valence-electron chi connectivity index (χ1n) is 4.93. The number of halogens is 11. The van der Waals surface area contributed by atoms with E-state index >= 15 is 0 Å². The van der Waals surface area contributed by atoms with Crippen molar-refractivity contribution < 1.29 is 57.8 Å². The van der Waals surface area contributed by atoms with Gasteiger partial charge in [-0.15, -0.1) is 0 Å². The Labute approximate surface area is 108 Å². The summed E-state index contributed by atoms with van der Waals surface area (Å²) in [5.74, 6) is -12.4. The molecule has 1 rings (SSSR count). The van der Waals surface area contributed by atoms with Gasteiger partial charge in [-0.2, -0.15) is 43.9 Å². The highest BCUT2D eigenvalue weighted by molar-refractivity contribution is 4.91. The van der Waals surface area contributed by atoms with Gasteiger partial charge in [0.15, 0.2) is 0 Å². The van der Waals surface area contributed by atoms with Gasteiger partial charge in [-0.1, -0.05) is 0 Å². The zero-order valence-electron chi connectivity index (χ0n) is 9.47. The van der Waals surface area contributed by atoms with Crippen LogP contribution in [0.1, 0.15) is 6.42 Å². The van der Waals surface area contributed by atoms with Crippen molar-refractivity contribution in [2.75, 3.05) is 6.61 Å². The van der Waals surface area contributed by atoms with Crippen molar-refractivity contribution in [3.05, 3.63) is 0 Å². The Morgan fingerprint density at radius 3 is 1.52 bits per heavy atom. The third-order valence-corrected chi connectivity index (χ3v) is 2.33. The Morgan fingerprint density at radius 1 is 0.810 bits per heavy atom. The summed E-state index contributed by atoms with van der Waals surface area (Å²) in [6, 6.07) is 0. The van der Waals surface area contributed by atoms with Gasteiger partial charge in [0.25, 0.3) is 0 Å². The SMILES string of the molecule is FC(F)(F)C(F)(F)C(F)(F)O[C@](F)(C[C@H]1CO1)C(F)(F)F. The Morgan fingerprint density at radius 2 is 1.24 bits per heavy atom. The van der Waals surface area contributed by atoms with E-state index in [0.717, 1.165) is 0 Å². The van der Waals surface area contributed by atoms with Crippen LogP contribution in [0.2, 0.25) is 0 Å². The third-order valence-electron chi connectivity index (χ3n) is 2.33. The van der Waals surface area contributed by atoms with E-state index in [9.17, 15) is 48.3 Å². The molecular weight excluding hydrogens is 337 g/mol. The molecule has 21 heavy (non-hydrogen) atoms. The molecule has 1 heterocycles. The first kappa shape index (κ1) is 18.2. The Bertz CT molecular complexity index is 383. The van der Waals surface area contributed by atoms with Crippen LogP contribution in [0.25, 0.3) is 0 Å². The van der Waals surface area contributed by atoms with E-state index in [4.69, 9.17) is 0 Å². The fourth-order valence-electron chi connectivity index (χ4n) is 1.13. The molecule has 0 unspecified atom stereocenters. The van der Waals surface area contributed by atoms with Crippen LogP contribution in [0.5, 0.6) is 0 Å². The second-order valence-corrected chi connectivity index (χ2v) is 4.08. The van der Waals surface area contributed by atoms with Crippen LogP contribution >= 0.6 is 0 Å². The lowest BCUT2D eigenvalue weighted by Crippen LogP contribution is -2.59. The molecular formula is C8H5F11O2. The van der Waals surface area contributed by atoms with Crippen molar-refractivity contribution in [2.24, 2.45) is 0 Å². The summed E-state index contributed by atoms with van der Waals surface area (Å²) in [6.45, 7) is -0.508. The van der Waals surface area contributed by atoms with Gasteiger partial charge in [-0.3, -0.25) is 4.74 Å². The smallest absolute Gasteiger partial charge is 0.373 e. The lowest BCUT2D eigenvalue weighted by molar-refractivity contribution is -0.484. The molecule has 0 bridgehead atoms. The molecule has 13 heteroatoms. The molecule has 0 aromatic rings. The maximum atomic E-state index is 13.4. The Balaban J connectivity index is 3.07. The molecule has 0 radical (unpaired) electrons. The van der Waals surface area contributed by atoms with E-state index < -0.39 is 49.4 Å². The van der Waals surface area contributed by atoms with Crippen molar-refractivity contribution in [3.63, 3.8) is 0 Å². The van der Waals surface area contributed by atoms with Crippen LogP contribution in [-0.4, -0.2) is 42.9 Å². The van der Waals surface area contributed by atoms with Crippen molar-refractivity contribution >= 4 is 0 Å². The molecule has 1 aliphatic heterocycles. The van der Waals surface area contributed by atoms with E-state index in [2.05, 4.69) is 9.47 Å². The minimum atomic E-state index is -7.02. The fraction of sp³-hybridized carbons (Fsp3) is 1.00. The van der Waals surface area contributed by atoms with E-state index in [1.807, 2.05) is 0 Å². The van der Waals surface area contributed by atoms with E-state index in [-0.39, 0.29) is 0 Å².